The Balaban J connectivity index is 1.49. The van der Waals surface area contributed by atoms with Gasteiger partial charge in [-0.25, -0.2) is 13.8 Å². The van der Waals surface area contributed by atoms with Crippen LogP contribution in [0.25, 0.3) is 11.4 Å². The summed E-state index contributed by atoms with van der Waals surface area (Å²) >= 11 is 0. The quantitative estimate of drug-likeness (QED) is 0.275. The summed E-state index contributed by atoms with van der Waals surface area (Å²) in [5.74, 6) is -1.12. The van der Waals surface area contributed by atoms with Gasteiger partial charge in [-0.05, 0) is 53.8 Å². The van der Waals surface area contributed by atoms with Gasteiger partial charge in [0.2, 0.25) is 0 Å². The molecule has 0 bridgehead atoms. The van der Waals surface area contributed by atoms with E-state index in [2.05, 4.69) is 34.7 Å². The number of aliphatic hydroxyl groups excluding tert-OH is 1. The average molecular weight is 519 g/mol. The molecule has 0 saturated carbocycles. The van der Waals surface area contributed by atoms with Crippen LogP contribution >= 0.6 is 0 Å². The molecule has 0 aliphatic rings. The van der Waals surface area contributed by atoms with E-state index in [1.807, 2.05) is 36.0 Å². The Kier molecular flexibility index (Phi) is 8.99. The van der Waals surface area contributed by atoms with Crippen LogP contribution < -0.4 is 10.6 Å². The number of amides is 1. The lowest BCUT2D eigenvalue weighted by Gasteiger charge is -2.25. The standard InChI is InChI=1S/C30H32F2N4O2/c1-3-20-6-4-7-21(12-20)18-33-19-28(37)27(15-22-13-25(31)17-26(32)14-22)35-30(38)24-9-5-8-23(16-24)29-34-10-11-36(29)2/h4-14,16-17,27-28,33,37H,3,15,18-19H2,1-2H3,(H,35,38)/t27-,28-/m0/s1. The van der Waals surface area contributed by atoms with Crippen molar-refractivity contribution in [2.24, 2.45) is 7.05 Å². The van der Waals surface area contributed by atoms with E-state index in [0.29, 0.717) is 23.5 Å². The number of aliphatic hydroxyl groups is 1. The van der Waals surface area contributed by atoms with Crippen LogP contribution in [0.15, 0.2) is 79.1 Å². The lowest BCUT2D eigenvalue weighted by Crippen LogP contribution is -2.48. The number of aromatic nitrogens is 2. The number of aryl methyl sites for hydroxylation is 2. The molecule has 0 fully saturated rings. The first-order chi connectivity index (χ1) is 18.3. The van der Waals surface area contributed by atoms with Crippen LogP contribution in [0.4, 0.5) is 8.78 Å². The number of nitrogens with one attached hydrogen (secondary N) is 2. The third-order valence-electron chi connectivity index (χ3n) is 6.45. The number of benzene rings is 3. The fraction of sp³-hybridized carbons (Fsp3) is 0.267. The van der Waals surface area contributed by atoms with Gasteiger partial charge in [-0.2, -0.15) is 0 Å². The van der Waals surface area contributed by atoms with Gasteiger partial charge in [0, 0.05) is 49.7 Å². The molecule has 0 aliphatic carbocycles. The van der Waals surface area contributed by atoms with Crippen molar-refractivity contribution in [3.8, 4) is 11.4 Å². The molecule has 4 rings (SSSR count). The van der Waals surface area contributed by atoms with Crippen LogP contribution in [0.2, 0.25) is 0 Å². The highest BCUT2D eigenvalue weighted by molar-refractivity contribution is 5.95. The topological polar surface area (TPSA) is 79.2 Å². The molecule has 38 heavy (non-hydrogen) atoms. The summed E-state index contributed by atoms with van der Waals surface area (Å²) in [6.07, 6.45) is 3.46. The normalized spacial score (nSPS) is 12.8. The van der Waals surface area contributed by atoms with Gasteiger partial charge in [0.25, 0.3) is 5.91 Å². The number of carbonyl (C=O) groups is 1. The molecule has 1 amide bonds. The zero-order valence-corrected chi connectivity index (χ0v) is 21.5. The van der Waals surface area contributed by atoms with Gasteiger partial charge in [0.15, 0.2) is 0 Å². The third kappa shape index (κ3) is 7.12. The van der Waals surface area contributed by atoms with Crippen molar-refractivity contribution in [1.29, 1.82) is 0 Å². The summed E-state index contributed by atoms with van der Waals surface area (Å²) in [5.41, 5.74) is 3.79. The Morgan fingerprint density at radius 3 is 2.45 bits per heavy atom. The van der Waals surface area contributed by atoms with E-state index < -0.39 is 29.7 Å². The number of halogens is 2. The second-order valence-electron chi connectivity index (χ2n) is 9.38. The zero-order valence-electron chi connectivity index (χ0n) is 21.5. The minimum atomic E-state index is -1.02. The molecule has 0 saturated heterocycles. The molecule has 0 aliphatic heterocycles. The summed E-state index contributed by atoms with van der Waals surface area (Å²) < 4.78 is 29.6. The fourth-order valence-electron chi connectivity index (χ4n) is 4.43. The first kappa shape index (κ1) is 27.2. The highest BCUT2D eigenvalue weighted by Crippen LogP contribution is 2.19. The van der Waals surface area contributed by atoms with Gasteiger partial charge in [-0.15, -0.1) is 0 Å². The number of carbonyl (C=O) groups excluding carboxylic acids is 1. The van der Waals surface area contributed by atoms with E-state index in [4.69, 9.17) is 0 Å². The lowest BCUT2D eigenvalue weighted by molar-refractivity contribution is 0.0830. The monoisotopic (exact) mass is 518 g/mol. The molecule has 3 aromatic carbocycles. The van der Waals surface area contributed by atoms with Crippen molar-refractivity contribution in [1.82, 2.24) is 20.2 Å². The van der Waals surface area contributed by atoms with Crippen molar-refractivity contribution in [2.45, 2.75) is 38.5 Å². The summed E-state index contributed by atoms with van der Waals surface area (Å²) in [6, 6.07) is 17.6. The Bertz CT molecular complexity index is 1370. The third-order valence-corrected chi connectivity index (χ3v) is 6.45. The van der Waals surface area contributed by atoms with Crippen molar-refractivity contribution in [3.63, 3.8) is 0 Å². The van der Waals surface area contributed by atoms with Crippen LogP contribution in [0, 0.1) is 11.6 Å². The maximum atomic E-state index is 13.9. The minimum Gasteiger partial charge on any atom is -0.390 e. The predicted molar refractivity (Wildman–Crippen MR) is 143 cm³/mol. The van der Waals surface area contributed by atoms with Crippen LogP contribution in [0.5, 0.6) is 0 Å². The van der Waals surface area contributed by atoms with Gasteiger partial charge >= 0.3 is 0 Å². The molecular formula is C30H32F2N4O2. The maximum absolute atomic E-state index is 13.9. The van der Waals surface area contributed by atoms with Crippen molar-refractivity contribution in [2.75, 3.05) is 6.54 Å². The number of hydrogen-bond donors (Lipinski definition) is 3. The van der Waals surface area contributed by atoms with E-state index >= 15 is 0 Å². The number of imidazole rings is 1. The second-order valence-corrected chi connectivity index (χ2v) is 9.38. The van der Waals surface area contributed by atoms with Gasteiger partial charge in [0.05, 0.1) is 12.1 Å². The van der Waals surface area contributed by atoms with Gasteiger partial charge < -0.3 is 20.3 Å². The average Bonchev–Trinajstić information content (AvgIpc) is 3.33. The largest absolute Gasteiger partial charge is 0.390 e. The molecule has 198 valence electrons. The highest BCUT2D eigenvalue weighted by Gasteiger charge is 2.23. The molecule has 3 N–H and O–H groups in total. The van der Waals surface area contributed by atoms with E-state index in [0.717, 1.165) is 23.6 Å². The molecular weight excluding hydrogens is 486 g/mol. The van der Waals surface area contributed by atoms with Crippen LogP contribution in [0.3, 0.4) is 0 Å². The second kappa shape index (κ2) is 12.6. The molecule has 1 aromatic heterocycles. The number of nitrogens with zero attached hydrogens (tertiary/aromatic N) is 2. The Labute approximate surface area is 221 Å². The van der Waals surface area contributed by atoms with E-state index in [1.165, 1.54) is 17.7 Å². The molecule has 0 spiro atoms. The van der Waals surface area contributed by atoms with Gasteiger partial charge in [-0.3, -0.25) is 4.79 Å². The molecule has 0 unspecified atom stereocenters. The maximum Gasteiger partial charge on any atom is 0.251 e. The summed E-state index contributed by atoms with van der Waals surface area (Å²) in [4.78, 5) is 17.6. The molecule has 1 heterocycles. The van der Waals surface area contributed by atoms with E-state index in [1.54, 1.807) is 24.4 Å². The van der Waals surface area contributed by atoms with Crippen molar-refractivity contribution < 1.29 is 18.7 Å². The van der Waals surface area contributed by atoms with E-state index in [-0.39, 0.29) is 13.0 Å². The Hall–Kier alpha value is -3.88. The van der Waals surface area contributed by atoms with E-state index in [9.17, 15) is 18.7 Å². The first-order valence-electron chi connectivity index (χ1n) is 12.6. The molecule has 2 atom stereocenters. The predicted octanol–water partition coefficient (Wildman–Crippen LogP) is 4.42. The summed E-state index contributed by atoms with van der Waals surface area (Å²) in [5, 5.41) is 17.1. The molecule has 0 radical (unpaired) electrons. The van der Waals surface area contributed by atoms with Crippen LogP contribution in [-0.2, 0) is 26.4 Å². The lowest BCUT2D eigenvalue weighted by atomic mass is 9.99. The smallest absolute Gasteiger partial charge is 0.251 e. The molecule has 6 nitrogen and oxygen atoms in total. The SMILES string of the molecule is CCc1cccc(CNC[C@H](O)[C@H](Cc2cc(F)cc(F)c2)NC(=O)c2cccc(-c3nccn3C)c2)c1. The summed E-state index contributed by atoms with van der Waals surface area (Å²) in [7, 11) is 1.87. The van der Waals surface area contributed by atoms with Crippen molar-refractivity contribution >= 4 is 5.91 Å². The fourth-order valence-corrected chi connectivity index (χ4v) is 4.43. The zero-order chi connectivity index (χ0) is 27.1. The van der Waals surface area contributed by atoms with Crippen LogP contribution in [-0.4, -0.2) is 39.3 Å². The van der Waals surface area contributed by atoms with Crippen molar-refractivity contribution in [3.05, 3.63) is 113 Å². The van der Waals surface area contributed by atoms with Crippen LogP contribution in [0.1, 0.15) is 34.0 Å². The molecule has 4 aromatic rings. The Morgan fingerprint density at radius 2 is 1.74 bits per heavy atom. The Morgan fingerprint density at radius 1 is 1.00 bits per heavy atom. The minimum absolute atomic E-state index is 0.0492. The highest BCUT2D eigenvalue weighted by atomic mass is 19.1. The molecule has 8 heteroatoms. The van der Waals surface area contributed by atoms with Gasteiger partial charge in [-0.1, -0.05) is 43.3 Å². The number of rotatable bonds is 11. The first-order valence-corrected chi connectivity index (χ1v) is 12.6. The number of hydrogen-bond acceptors (Lipinski definition) is 4. The van der Waals surface area contributed by atoms with Gasteiger partial charge in [0.1, 0.15) is 17.5 Å². The summed E-state index contributed by atoms with van der Waals surface area (Å²) in [6.45, 7) is 2.79.